The zero-order valence-corrected chi connectivity index (χ0v) is 8.55. The largest absolute Gasteiger partial charge is 0.350 e. The summed E-state index contributed by atoms with van der Waals surface area (Å²) < 4.78 is 0. The lowest BCUT2D eigenvalue weighted by Crippen LogP contribution is -2.25. The highest BCUT2D eigenvalue weighted by atomic mass is 16.2. The van der Waals surface area contributed by atoms with Gasteiger partial charge in [-0.3, -0.25) is 0 Å². The van der Waals surface area contributed by atoms with E-state index in [9.17, 15) is 4.79 Å². The number of allylic oxidation sites excluding steroid dienone is 2. The first-order valence-corrected chi connectivity index (χ1v) is 4.95. The fraction of sp³-hybridized carbons (Fsp3) is 0.600. The van der Waals surface area contributed by atoms with Crippen LogP contribution >= 0.6 is 0 Å². The number of nitrogens with two attached hydrogens (primary N) is 1. The number of hydrogen-bond donors (Lipinski definition) is 2. The fourth-order valence-electron chi connectivity index (χ4n) is 1.58. The lowest BCUT2D eigenvalue weighted by Gasteiger charge is -2.11. The van der Waals surface area contributed by atoms with Gasteiger partial charge in [-0.15, -0.1) is 0 Å². The molecule has 0 aromatic heterocycles. The van der Waals surface area contributed by atoms with Crippen molar-refractivity contribution in [2.75, 3.05) is 0 Å². The van der Waals surface area contributed by atoms with E-state index in [4.69, 9.17) is 5.73 Å². The van der Waals surface area contributed by atoms with Crippen molar-refractivity contribution in [2.24, 2.45) is 10.8 Å². The van der Waals surface area contributed by atoms with Crippen LogP contribution in [0.5, 0.6) is 0 Å². The Kier molecular flexibility index (Phi) is 4.16. The van der Waals surface area contributed by atoms with Gasteiger partial charge in [0.2, 0.25) is 0 Å². The lowest BCUT2D eigenvalue weighted by atomic mass is 9.96. The third-order valence-electron chi connectivity index (χ3n) is 2.22. The van der Waals surface area contributed by atoms with Gasteiger partial charge in [-0.1, -0.05) is 11.6 Å². The molecule has 0 spiro atoms. The van der Waals surface area contributed by atoms with Gasteiger partial charge in [0.25, 0.3) is 0 Å². The number of rotatable bonds is 3. The van der Waals surface area contributed by atoms with Crippen LogP contribution in [-0.2, 0) is 0 Å². The van der Waals surface area contributed by atoms with Gasteiger partial charge in [-0.25, -0.2) is 10.2 Å². The van der Waals surface area contributed by atoms with E-state index in [-0.39, 0.29) is 0 Å². The van der Waals surface area contributed by atoms with E-state index in [0.29, 0.717) is 0 Å². The third-order valence-corrected chi connectivity index (χ3v) is 2.22. The van der Waals surface area contributed by atoms with Crippen molar-refractivity contribution in [1.82, 2.24) is 5.43 Å². The van der Waals surface area contributed by atoms with E-state index in [1.54, 1.807) is 0 Å². The highest BCUT2D eigenvalue weighted by Gasteiger charge is 2.04. The topological polar surface area (TPSA) is 67.5 Å². The van der Waals surface area contributed by atoms with E-state index in [2.05, 4.69) is 16.6 Å². The fourth-order valence-corrected chi connectivity index (χ4v) is 1.58. The normalized spacial score (nSPS) is 17.5. The molecule has 0 saturated carbocycles. The number of urea groups is 1. The predicted octanol–water partition coefficient (Wildman–Crippen LogP) is 1.92. The summed E-state index contributed by atoms with van der Waals surface area (Å²) in [7, 11) is 0. The summed E-state index contributed by atoms with van der Waals surface area (Å²) in [6, 6.07) is -0.609. The molecule has 78 valence electrons. The van der Waals surface area contributed by atoms with E-state index in [0.717, 1.165) is 18.6 Å². The molecule has 0 aromatic carbocycles. The van der Waals surface area contributed by atoms with Gasteiger partial charge in [-0.2, -0.15) is 5.10 Å². The van der Waals surface area contributed by atoms with E-state index in [1.165, 1.54) is 24.8 Å². The standard InChI is InChI=1S/C10H17N3O/c1-8(12-13-10(11)14)7-9-5-3-2-4-6-9/h5H,2-4,6-7H2,1H3,(H3,11,13,14)/b12-8-. The predicted molar refractivity (Wildman–Crippen MR) is 57.0 cm³/mol. The van der Waals surface area contributed by atoms with Crippen molar-refractivity contribution in [3.8, 4) is 0 Å². The van der Waals surface area contributed by atoms with Crippen molar-refractivity contribution < 1.29 is 4.79 Å². The van der Waals surface area contributed by atoms with Crippen molar-refractivity contribution >= 4 is 11.7 Å². The van der Waals surface area contributed by atoms with E-state index < -0.39 is 6.03 Å². The van der Waals surface area contributed by atoms with Crippen LogP contribution in [0.4, 0.5) is 4.79 Å². The molecule has 3 N–H and O–H groups in total. The molecule has 1 aliphatic rings. The van der Waals surface area contributed by atoms with Crippen LogP contribution in [0.1, 0.15) is 39.0 Å². The van der Waals surface area contributed by atoms with Crippen LogP contribution in [-0.4, -0.2) is 11.7 Å². The summed E-state index contributed by atoms with van der Waals surface area (Å²) in [6.07, 6.45) is 8.00. The smallest absolute Gasteiger partial charge is 0.332 e. The number of primary amides is 1. The van der Waals surface area contributed by atoms with Crippen molar-refractivity contribution in [3.63, 3.8) is 0 Å². The average molecular weight is 195 g/mol. The molecule has 0 heterocycles. The summed E-state index contributed by atoms with van der Waals surface area (Å²) >= 11 is 0. The molecule has 0 unspecified atom stereocenters. The monoisotopic (exact) mass is 195 g/mol. The highest BCUT2D eigenvalue weighted by Crippen LogP contribution is 2.20. The number of hydrogen-bond acceptors (Lipinski definition) is 2. The molecule has 1 aliphatic carbocycles. The molecular formula is C10H17N3O. The molecule has 4 heteroatoms. The maximum absolute atomic E-state index is 10.4. The first-order chi connectivity index (χ1) is 6.68. The summed E-state index contributed by atoms with van der Waals surface area (Å²) in [5.41, 5.74) is 9.46. The molecule has 0 fully saturated rings. The highest BCUT2D eigenvalue weighted by molar-refractivity contribution is 5.85. The molecule has 1 rings (SSSR count). The Balaban J connectivity index is 2.38. The minimum absolute atomic E-state index is 0.609. The quantitative estimate of drug-likeness (QED) is 0.403. The Morgan fingerprint density at radius 3 is 3.00 bits per heavy atom. The van der Waals surface area contributed by atoms with Gasteiger partial charge in [0.05, 0.1) is 0 Å². The van der Waals surface area contributed by atoms with Crippen molar-refractivity contribution in [2.45, 2.75) is 39.0 Å². The van der Waals surface area contributed by atoms with Crippen LogP contribution < -0.4 is 11.2 Å². The van der Waals surface area contributed by atoms with Crippen LogP contribution in [0.3, 0.4) is 0 Å². The van der Waals surface area contributed by atoms with E-state index >= 15 is 0 Å². The Labute approximate surface area is 84.2 Å². The first-order valence-electron chi connectivity index (χ1n) is 4.95. The Morgan fingerprint density at radius 2 is 2.43 bits per heavy atom. The third kappa shape index (κ3) is 4.07. The first kappa shape index (κ1) is 10.8. The maximum Gasteiger partial charge on any atom is 0.332 e. The van der Waals surface area contributed by atoms with Crippen LogP contribution in [0.2, 0.25) is 0 Å². The van der Waals surface area contributed by atoms with E-state index in [1.807, 2.05) is 6.92 Å². The summed E-state index contributed by atoms with van der Waals surface area (Å²) in [5.74, 6) is 0. The molecule has 0 radical (unpaired) electrons. The van der Waals surface area contributed by atoms with Crippen molar-refractivity contribution in [1.29, 1.82) is 0 Å². The molecular weight excluding hydrogens is 178 g/mol. The lowest BCUT2D eigenvalue weighted by molar-refractivity contribution is 0.249. The van der Waals surface area contributed by atoms with Crippen LogP contribution in [0, 0.1) is 0 Å². The number of carbonyl (C=O) groups excluding carboxylic acids is 1. The van der Waals surface area contributed by atoms with Crippen molar-refractivity contribution in [3.05, 3.63) is 11.6 Å². The molecule has 0 bridgehead atoms. The molecule has 2 amide bonds. The molecule has 4 nitrogen and oxygen atoms in total. The van der Waals surface area contributed by atoms with Gasteiger partial charge in [0.15, 0.2) is 0 Å². The minimum atomic E-state index is -0.609. The van der Waals surface area contributed by atoms with Gasteiger partial charge in [0, 0.05) is 12.1 Å². The number of carbonyl (C=O) groups is 1. The summed E-state index contributed by atoms with van der Waals surface area (Å²) in [4.78, 5) is 10.4. The van der Waals surface area contributed by atoms with Crippen LogP contribution in [0.25, 0.3) is 0 Å². The zero-order valence-electron chi connectivity index (χ0n) is 8.55. The SMILES string of the molecule is C/C(CC1=CCCCC1)=N/NC(N)=O. The van der Waals surface area contributed by atoms with Gasteiger partial charge >= 0.3 is 6.03 Å². The van der Waals surface area contributed by atoms with Crippen LogP contribution in [0.15, 0.2) is 16.8 Å². The second-order valence-electron chi connectivity index (χ2n) is 3.61. The second kappa shape index (κ2) is 5.42. The second-order valence-corrected chi connectivity index (χ2v) is 3.61. The summed E-state index contributed by atoms with van der Waals surface area (Å²) in [6.45, 7) is 1.89. The zero-order chi connectivity index (χ0) is 10.4. The summed E-state index contributed by atoms with van der Waals surface area (Å²) in [5, 5.41) is 3.87. The maximum atomic E-state index is 10.4. The van der Waals surface area contributed by atoms with Gasteiger partial charge in [-0.05, 0) is 32.6 Å². The Hall–Kier alpha value is -1.32. The number of hydrazone groups is 1. The Morgan fingerprint density at radius 1 is 1.64 bits per heavy atom. The molecule has 0 atom stereocenters. The molecule has 14 heavy (non-hydrogen) atoms. The number of amides is 2. The Bertz CT molecular complexity index is 269. The minimum Gasteiger partial charge on any atom is -0.350 e. The number of nitrogens with one attached hydrogen (secondary N) is 1. The molecule has 0 aromatic rings. The molecule has 0 aliphatic heterocycles. The number of nitrogens with zero attached hydrogens (tertiary/aromatic N) is 1. The van der Waals surface area contributed by atoms with Gasteiger partial charge < -0.3 is 5.73 Å². The van der Waals surface area contributed by atoms with Gasteiger partial charge in [0.1, 0.15) is 0 Å². The average Bonchev–Trinajstić information content (AvgIpc) is 2.16. The molecule has 0 saturated heterocycles.